The topological polar surface area (TPSA) is 69.0 Å². The minimum Gasteiger partial charge on any atom is -0.379 e. The summed E-state index contributed by atoms with van der Waals surface area (Å²) in [5.74, 6) is 0.198. The highest BCUT2D eigenvalue weighted by Crippen LogP contribution is 2.19. The van der Waals surface area contributed by atoms with Gasteiger partial charge in [0, 0.05) is 31.1 Å². The van der Waals surface area contributed by atoms with Gasteiger partial charge < -0.3 is 10.1 Å². The average Bonchev–Trinajstić information content (AvgIpc) is 3.08. The van der Waals surface area contributed by atoms with Crippen molar-refractivity contribution in [1.29, 1.82) is 0 Å². The van der Waals surface area contributed by atoms with Crippen molar-refractivity contribution >= 4 is 5.91 Å². The smallest absolute Gasteiger partial charge is 0.255 e. The number of aromatic nitrogens is 3. The molecule has 0 aliphatic carbocycles. The second kappa shape index (κ2) is 6.27. The summed E-state index contributed by atoms with van der Waals surface area (Å²) in [6.45, 7) is 3.11. The molecule has 1 aliphatic heterocycles. The molecule has 2 aromatic heterocycles. The molecule has 0 saturated carbocycles. The molecular weight excluding hydrogens is 280 g/mol. The lowest BCUT2D eigenvalue weighted by Crippen LogP contribution is -2.40. The van der Waals surface area contributed by atoms with Crippen LogP contribution in [-0.2, 0) is 18.2 Å². The first-order chi connectivity index (χ1) is 10.6. The lowest BCUT2D eigenvalue weighted by atomic mass is 9.95. The van der Waals surface area contributed by atoms with Crippen molar-refractivity contribution in [2.24, 2.45) is 13.0 Å². The van der Waals surface area contributed by atoms with E-state index >= 15 is 0 Å². The van der Waals surface area contributed by atoms with Crippen molar-refractivity contribution in [2.75, 3.05) is 13.2 Å². The fraction of sp³-hybridized carbons (Fsp3) is 0.438. The minimum atomic E-state index is -0.0826. The van der Waals surface area contributed by atoms with E-state index < -0.39 is 0 Å². The molecule has 1 aliphatic rings. The highest BCUT2D eigenvalue weighted by molar-refractivity contribution is 5.95. The van der Waals surface area contributed by atoms with Gasteiger partial charge in [0.15, 0.2) is 0 Å². The molecule has 116 valence electrons. The third-order valence-electron chi connectivity index (χ3n) is 4.24. The Morgan fingerprint density at radius 1 is 1.41 bits per heavy atom. The fourth-order valence-electron chi connectivity index (χ4n) is 2.75. The van der Waals surface area contributed by atoms with Gasteiger partial charge >= 0.3 is 0 Å². The van der Waals surface area contributed by atoms with Crippen molar-refractivity contribution in [2.45, 2.75) is 19.4 Å². The highest BCUT2D eigenvalue weighted by Gasteiger charge is 2.30. The Morgan fingerprint density at radius 3 is 2.86 bits per heavy atom. The van der Waals surface area contributed by atoms with Crippen molar-refractivity contribution in [1.82, 2.24) is 20.1 Å². The first-order valence-electron chi connectivity index (χ1n) is 7.41. The molecule has 1 fully saturated rings. The number of nitrogens with zero attached hydrogens (tertiary/aromatic N) is 3. The molecule has 0 unspecified atom stereocenters. The molecule has 3 rings (SSSR count). The zero-order chi connectivity index (χ0) is 15.5. The molecule has 6 heteroatoms. The van der Waals surface area contributed by atoms with Crippen molar-refractivity contribution in [3.8, 4) is 0 Å². The number of carbonyl (C=O) groups excluding carboxylic acids is 1. The second-order valence-corrected chi connectivity index (χ2v) is 5.70. The molecule has 0 radical (unpaired) electrons. The Bertz CT molecular complexity index is 653. The number of nitrogens with one attached hydrogen (secondary N) is 1. The van der Waals surface area contributed by atoms with Crippen LogP contribution >= 0.6 is 0 Å². The molecule has 0 spiro atoms. The molecule has 1 N–H and O–H groups in total. The van der Waals surface area contributed by atoms with Crippen molar-refractivity contribution in [3.63, 3.8) is 0 Å². The van der Waals surface area contributed by atoms with Gasteiger partial charge in [-0.05, 0) is 31.0 Å². The van der Waals surface area contributed by atoms with Gasteiger partial charge in [0.2, 0.25) is 0 Å². The first kappa shape index (κ1) is 14.7. The monoisotopic (exact) mass is 300 g/mol. The number of ether oxygens (including phenoxy) is 1. The summed E-state index contributed by atoms with van der Waals surface area (Å²) in [5, 5.41) is 7.20. The number of hydrogen-bond donors (Lipinski definition) is 1. The van der Waals surface area contributed by atoms with Crippen LogP contribution in [0.4, 0.5) is 0 Å². The molecule has 0 bridgehead atoms. The van der Waals surface area contributed by atoms with Gasteiger partial charge in [-0.3, -0.25) is 14.5 Å². The Morgan fingerprint density at radius 2 is 2.18 bits per heavy atom. The standard InChI is InChI=1S/C16H20N4O2/c1-11-14(8-18-20(11)2)16(21)19-15-10-22-9-13(15)7-12-3-5-17-6-4-12/h3-6,8,13,15H,7,9-10H2,1-2H3,(H,19,21)/t13-,15-/m1/s1. The largest absolute Gasteiger partial charge is 0.379 e. The second-order valence-electron chi connectivity index (χ2n) is 5.70. The summed E-state index contributed by atoms with van der Waals surface area (Å²) in [6, 6.07) is 4.03. The van der Waals surface area contributed by atoms with E-state index in [9.17, 15) is 4.79 Å². The van der Waals surface area contributed by atoms with Gasteiger partial charge in [0.1, 0.15) is 0 Å². The number of aryl methyl sites for hydroxylation is 1. The predicted octanol–water partition coefficient (Wildman–Crippen LogP) is 1.11. The maximum Gasteiger partial charge on any atom is 0.255 e. The molecule has 22 heavy (non-hydrogen) atoms. The Hall–Kier alpha value is -2.21. The van der Waals surface area contributed by atoms with Crippen LogP contribution in [0.3, 0.4) is 0 Å². The van der Waals surface area contributed by atoms with Crippen LogP contribution in [0, 0.1) is 12.8 Å². The molecule has 2 aromatic rings. The molecule has 3 heterocycles. The molecular formula is C16H20N4O2. The number of amides is 1. The molecule has 0 aromatic carbocycles. The van der Waals surface area contributed by atoms with E-state index in [2.05, 4.69) is 15.4 Å². The van der Waals surface area contributed by atoms with Crippen LogP contribution in [0.5, 0.6) is 0 Å². The van der Waals surface area contributed by atoms with E-state index in [0.29, 0.717) is 18.8 Å². The summed E-state index contributed by atoms with van der Waals surface area (Å²) in [5.41, 5.74) is 2.70. The average molecular weight is 300 g/mol. The maximum atomic E-state index is 12.4. The van der Waals surface area contributed by atoms with Gasteiger partial charge in [-0.15, -0.1) is 0 Å². The Kier molecular flexibility index (Phi) is 4.20. The van der Waals surface area contributed by atoms with Crippen LogP contribution in [0.15, 0.2) is 30.7 Å². The summed E-state index contributed by atoms with van der Waals surface area (Å²) < 4.78 is 7.27. The number of rotatable bonds is 4. The number of pyridine rings is 1. The Balaban J connectivity index is 1.66. The quantitative estimate of drug-likeness (QED) is 0.918. The highest BCUT2D eigenvalue weighted by atomic mass is 16.5. The summed E-state index contributed by atoms with van der Waals surface area (Å²) in [4.78, 5) is 16.4. The summed E-state index contributed by atoms with van der Waals surface area (Å²) >= 11 is 0. The number of carbonyl (C=O) groups is 1. The van der Waals surface area contributed by atoms with Gasteiger partial charge in [-0.25, -0.2) is 0 Å². The zero-order valence-corrected chi connectivity index (χ0v) is 12.8. The minimum absolute atomic E-state index is 0.0280. The van der Waals surface area contributed by atoms with E-state index in [-0.39, 0.29) is 17.9 Å². The van der Waals surface area contributed by atoms with E-state index in [4.69, 9.17) is 4.74 Å². The molecule has 1 amide bonds. The first-order valence-corrected chi connectivity index (χ1v) is 7.41. The van der Waals surface area contributed by atoms with Gasteiger partial charge in [0.05, 0.1) is 31.0 Å². The number of hydrogen-bond acceptors (Lipinski definition) is 4. The van der Waals surface area contributed by atoms with E-state index in [1.54, 1.807) is 23.3 Å². The van der Waals surface area contributed by atoms with Gasteiger partial charge in [-0.2, -0.15) is 5.10 Å². The molecule has 2 atom stereocenters. The normalized spacial score (nSPS) is 21.0. The lowest BCUT2D eigenvalue weighted by molar-refractivity contribution is 0.0924. The maximum absolute atomic E-state index is 12.4. The molecule has 1 saturated heterocycles. The van der Waals surface area contributed by atoms with E-state index in [0.717, 1.165) is 12.1 Å². The van der Waals surface area contributed by atoms with Crippen molar-refractivity contribution in [3.05, 3.63) is 47.5 Å². The molecule has 6 nitrogen and oxygen atoms in total. The van der Waals surface area contributed by atoms with E-state index in [1.165, 1.54) is 5.56 Å². The lowest BCUT2D eigenvalue weighted by Gasteiger charge is -2.19. The Labute approximate surface area is 129 Å². The third-order valence-corrected chi connectivity index (χ3v) is 4.24. The predicted molar refractivity (Wildman–Crippen MR) is 81.4 cm³/mol. The van der Waals surface area contributed by atoms with Crippen LogP contribution in [-0.4, -0.2) is 39.9 Å². The van der Waals surface area contributed by atoms with Crippen LogP contribution < -0.4 is 5.32 Å². The van der Waals surface area contributed by atoms with Crippen LogP contribution in [0.1, 0.15) is 21.6 Å². The fourth-order valence-corrected chi connectivity index (χ4v) is 2.75. The van der Waals surface area contributed by atoms with Crippen molar-refractivity contribution < 1.29 is 9.53 Å². The SMILES string of the molecule is Cc1c(C(=O)N[C@@H]2COC[C@H]2Cc2ccncc2)cnn1C. The summed E-state index contributed by atoms with van der Waals surface area (Å²) in [7, 11) is 1.83. The van der Waals surface area contributed by atoms with E-state index in [1.807, 2.05) is 26.1 Å². The van der Waals surface area contributed by atoms with Gasteiger partial charge in [0.25, 0.3) is 5.91 Å². The van der Waals surface area contributed by atoms with Crippen LogP contribution in [0.2, 0.25) is 0 Å². The summed E-state index contributed by atoms with van der Waals surface area (Å²) in [6.07, 6.45) is 6.06. The zero-order valence-electron chi connectivity index (χ0n) is 12.8. The van der Waals surface area contributed by atoms with Gasteiger partial charge in [-0.1, -0.05) is 0 Å². The third kappa shape index (κ3) is 3.01. The van der Waals surface area contributed by atoms with Crippen LogP contribution in [0.25, 0.3) is 0 Å².